The Morgan fingerprint density at radius 1 is 0.957 bits per heavy atom. The highest BCUT2D eigenvalue weighted by atomic mass is 35.5. The fraction of sp³-hybridized carbons (Fsp3) is 0.286. The standard InChI is InChI=1S/C35H28ClFN2O8/c1-35-23(31(42)39(34(35)46)19-7-10-25(37)24(36)14-19)15-22-20(29(35)16-6-11-27(47-2)26(40)13-16)8-9-21-28(22)32(43)38(30(21)41)18-5-3-4-17(12-18)33(44)45/h3-8,10-14,21-23,28-29,40H,9,15H2,1-2H3,(H,44,45). The first-order valence-electron chi connectivity index (χ1n) is 15.0. The lowest BCUT2D eigenvalue weighted by molar-refractivity contribution is -0.131. The molecule has 0 radical (unpaired) electrons. The van der Waals surface area contributed by atoms with E-state index in [0.29, 0.717) is 11.1 Å². The van der Waals surface area contributed by atoms with Crippen molar-refractivity contribution in [2.45, 2.75) is 25.7 Å². The highest BCUT2D eigenvalue weighted by Gasteiger charge is 2.67. The van der Waals surface area contributed by atoms with Crippen LogP contribution in [0.5, 0.6) is 11.5 Å². The molecule has 3 aromatic rings. The average Bonchev–Trinajstić information content (AvgIpc) is 3.41. The molecule has 4 aliphatic rings. The predicted octanol–water partition coefficient (Wildman–Crippen LogP) is 5.33. The first kappa shape index (κ1) is 30.6. The summed E-state index contributed by atoms with van der Waals surface area (Å²) in [5, 5.41) is 20.0. The number of methoxy groups -OCH3 is 1. The fourth-order valence-electron chi connectivity index (χ4n) is 8.18. The zero-order valence-corrected chi connectivity index (χ0v) is 25.9. The van der Waals surface area contributed by atoms with Gasteiger partial charge in [-0.2, -0.15) is 0 Å². The molecule has 6 atom stereocenters. The monoisotopic (exact) mass is 658 g/mol. The van der Waals surface area contributed by atoms with Gasteiger partial charge in [0.2, 0.25) is 23.6 Å². The van der Waals surface area contributed by atoms with Gasteiger partial charge in [-0.1, -0.05) is 35.4 Å². The summed E-state index contributed by atoms with van der Waals surface area (Å²) in [5.74, 6) is -8.03. The average molecular weight is 659 g/mol. The van der Waals surface area contributed by atoms with Crippen LogP contribution < -0.4 is 14.5 Å². The second-order valence-corrected chi connectivity index (χ2v) is 13.0. The van der Waals surface area contributed by atoms with Gasteiger partial charge in [-0.3, -0.25) is 24.1 Å². The number of carbonyl (C=O) groups excluding carboxylic acids is 4. The number of fused-ring (bicyclic) bond motifs is 4. The van der Waals surface area contributed by atoms with Gasteiger partial charge in [0.15, 0.2) is 11.5 Å². The molecule has 4 amide bonds. The fourth-order valence-corrected chi connectivity index (χ4v) is 8.36. The number of aromatic carboxylic acids is 1. The van der Waals surface area contributed by atoms with Gasteiger partial charge in [0.05, 0.1) is 52.2 Å². The van der Waals surface area contributed by atoms with Crippen molar-refractivity contribution in [2.24, 2.45) is 29.1 Å². The molecule has 0 bridgehead atoms. The summed E-state index contributed by atoms with van der Waals surface area (Å²) in [6.07, 6.45) is 2.10. The second-order valence-electron chi connectivity index (χ2n) is 12.6. The quantitative estimate of drug-likeness (QED) is 0.277. The maximum absolute atomic E-state index is 14.5. The van der Waals surface area contributed by atoms with E-state index in [0.717, 1.165) is 15.9 Å². The minimum Gasteiger partial charge on any atom is -0.504 e. The van der Waals surface area contributed by atoms with E-state index in [4.69, 9.17) is 16.3 Å². The van der Waals surface area contributed by atoms with Crippen molar-refractivity contribution < 1.29 is 43.3 Å². The van der Waals surface area contributed by atoms with Crippen LogP contribution in [0.2, 0.25) is 5.02 Å². The van der Waals surface area contributed by atoms with Gasteiger partial charge >= 0.3 is 5.97 Å². The van der Waals surface area contributed by atoms with Crippen molar-refractivity contribution in [3.05, 3.63) is 94.3 Å². The van der Waals surface area contributed by atoms with E-state index in [9.17, 15) is 38.6 Å². The number of phenols is 1. The number of carboxylic acid groups (broad SMARTS) is 1. The smallest absolute Gasteiger partial charge is 0.335 e. The summed E-state index contributed by atoms with van der Waals surface area (Å²) in [6, 6.07) is 13.9. The predicted molar refractivity (Wildman–Crippen MR) is 167 cm³/mol. The summed E-state index contributed by atoms with van der Waals surface area (Å²) in [6.45, 7) is 1.68. The second kappa shape index (κ2) is 10.8. The van der Waals surface area contributed by atoms with E-state index in [1.807, 2.05) is 6.08 Å². The van der Waals surface area contributed by atoms with E-state index in [2.05, 4.69) is 0 Å². The molecule has 0 aromatic heterocycles. The summed E-state index contributed by atoms with van der Waals surface area (Å²) in [4.78, 5) is 70.4. The van der Waals surface area contributed by atoms with Crippen molar-refractivity contribution in [1.29, 1.82) is 0 Å². The van der Waals surface area contributed by atoms with Crippen molar-refractivity contribution in [3.63, 3.8) is 0 Å². The van der Waals surface area contributed by atoms with Crippen LogP contribution in [-0.4, -0.2) is 46.9 Å². The molecule has 12 heteroatoms. The lowest BCUT2D eigenvalue weighted by Gasteiger charge is -2.49. The topological polar surface area (TPSA) is 142 Å². The number of anilines is 2. The highest BCUT2D eigenvalue weighted by Crippen LogP contribution is 2.64. The van der Waals surface area contributed by atoms with Crippen molar-refractivity contribution in [3.8, 4) is 11.5 Å². The maximum Gasteiger partial charge on any atom is 0.335 e. The number of hydrogen-bond acceptors (Lipinski definition) is 7. The van der Waals surface area contributed by atoms with Crippen LogP contribution in [0, 0.1) is 34.9 Å². The third-order valence-corrected chi connectivity index (χ3v) is 10.6. The van der Waals surface area contributed by atoms with Gasteiger partial charge in [-0.15, -0.1) is 0 Å². The lowest BCUT2D eigenvalue weighted by atomic mass is 9.51. The number of nitrogens with zero attached hydrogens (tertiary/aromatic N) is 2. The largest absolute Gasteiger partial charge is 0.504 e. The third-order valence-electron chi connectivity index (χ3n) is 10.3. The molecule has 3 fully saturated rings. The Hall–Kier alpha value is -5.03. The zero-order valence-electron chi connectivity index (χ0n) is 25.1. The third kappa shape index (κ3) is 4.32. The molecule has 2 N–H and O–H groups in total. The van der Waals surface area contributed by atoms with Gasteiger partial charge in [-0.05, 0) is 79.8 Å². The summed E-state index contributed by atoms with van der Waals surface area (Å²) in [7, 11) is 1.40. The molecule has 7 rings (SSSR count). The summed E-state index contributed by atoms with van der Waals surface area (Å²) >= 11 is 6.05. The number of ether oxygens (including phenoxy) is 1. The summed E-state index contributed by atoms with van der Waals surface area (Å²) < 4.78 is 19.3. The Kier molecular flexibility index (Phi) is 7.01. The first-order valence-corrected chi connectivity index (χ1v) is 15.4. The van der Waals surface area contributed by atoms with Crippen molar-refractivity contribution in [1.82, 2.24) is 0 Å². The molecule has 6 unspecified atom stereocenters. The zero-order chi connectivity index (χ0) is 33.5. The molecule has 2 aliphatic heterocycles. The van der Waals surface area contributed by atoms with E-state index in [1.165, 1.54) is 49.6 Å². The number of phenolic OH excluding ortho intramolecular Hbond substituents is 1. The number of imide groups is 2. The number of carboxylic acids is 1. The number of halogens is 2. The Labute approximate surface area is 273 Å². The van der Waals surface area contributed by atoms with Gasteiger partial charge in [0, 0.05) is 5.92 Å². The SMILES string of the molecule is COc1ccc(C2C3=CCC4C(=O)N(c5cccc(C(=O)O)c5)C(=O)C4C3CC3C(=O)N(c4ccc(F)c(Cl)c4)C(=O)C32C)cc1O. The molecule has 0 spiro atoms. The number of rotatable bonds is 5. The van der Waals surface area contributed by atoms with Crippen LogP contribution in [0.4, 0.5) is 15.8 Å². The minimum atomic E-state index is -1.39. The van der Waals surface area contributed by atoms with Crippen LogP contribution in [0.1, 0.15) is 41.6 Å². The van der Waals surface area contributed by atoms with E-state index >= 15 is 0 Å². The minimum absolute atomic E-state index is 0.0696. The number of aromatic hydroxyl groups is 1. The number of allylic oxidation sites excluding steroid dienone is 2. The lowest BCUT2D eigenvalue weighted by Crippen LogP contribution is -2.48. The van der Waals surface area contributed by atoms with Gasteiger partial charge in [-0.25, -0.2) is 14.1 Å². The van der Waals surface area contributed by atoms with Crippen molar-refractivity contribution >= 4 is 52.6 Å². The van der Waals surface area contributed by atoms with Crippen LogP contribution in [0.3, 0.4) is 0 Å². The molecule has 2 aliphatic carbocycles. The molecule has 2 saturated heterocycles. The van der Waals surface area contributed by atoms with E-state index < -0.39 is 70.4 Å². The molecule has 2 heterocycles. The number of hydrogen-bond donors (Lipinski definition) is 2. The maximum atomic E-state index is 14.5. The molecule has 1 saturated carbocycles. The molecular weight excluding hydrogens is 631 g/mol. The van der Waals surface area contributed by atoms with E-state index in [-0.39, 0.29) is 46.3 Å². The Balaban J connectivity index is 1.36. The van der Waals surface area contributed by atoms with Crippen LogP contribution in [0.25, 0.3) is 0 Å². The van der Waals surface area contributed by atoms with Gasteiger partial charge in [0.1, 0.15) is 5.82 Å². The van der Waals surface area contributed by atoms with Gasteiger partial charge in [0.25, 0.3) is 0 Å². The number of carbonyl (C=O) groups is 5. The number of benzene rings is 3. The van der Waals surface area contributed by atoms with Crippen LogP contribution in [0.15, 0.2) is 72.3 Å². The van der Waals surface area contributed by atoms with Crippen molar-refractivity contribution in [2.75, 3.05) is 16.9 Å². The Morgan fingerprint density at radius 2 is 1.70 bits per heavy atom. The first-order chi connectivity index (χ1) is 22.4. The summed E-state index contributed by atoms with van der Waals surface area (Å²) in [5.41, 5.74) is -0.0369. The Bertz CT molecular complexity index is 1960. The molecule has 3 aromatic carbocycles. The molecule has 240 valence electrons. The molecular formula is C35H28ClFN2O8. The van der Waals surface area contributed by atoms with Gasteiger partial charge < -0.3 is 14.9 Å². The normalized spacial score (nSPS) is 28.2. The highest BCUT2D eigenvalue weighted by molar-refractivity contribution is 6.32. The molecule has 47 heavy (non-hydrogen) atoms. The number of amides is 4. The van der Waals surface area contributed by atoms with Crippen LogP contribution >= 0.6 is 11.6 Å². The van der Waals surface area contributed by atoms with E-state index in [1.54, 1.807) is 19.1 Å². The molecule has 10 nitrogen and oxygen atoms in total. The Morgan fingerprint density at radius 3 is 2.38 bits per heavy atom. The van der Waals surface area contributed by atoms with Crippen LogP contribution in [-0.2, 0) is 19.2 Å².